The van der Waals surface area contributed by atoms with Gasteiger partial charge >= 0.3 is 6.18 Å². The molecule has 1 aromatic heterocycles. The van der Waals surface area contributed by atoms with Crippen LogP contribution in [0.1, 0.15) is 0 Å². The highest BCUT2D eigenvalue weighted by Crippen LogP contribution is 2.22. The molecule has 1 atom stereocenters. The lowest BCUT2D eigenvalue weighted by Crippen LogP contribution is -2.40. The minimum Gasteiger partial charge on any atom is -0.383 e. The number of halogens is 4. The Morgan fingerprint density at radius 1 is 1.53 bits per heavy atom. The van der Waals surface area contributed by atoms with Gasteiger partial charge in [0, 0.05) is 17.2 Å². The molecule has 0 saturated carbocycles. The van der Waals surface area contributed by atoms with Crippen LogP contribution in [0, 0.1) is 0 Å². The first-order valence-electron chi connectivity index (χ1n) is 4.69. The number of sulfonamides is 1. The number of aliphatic hydroxyl groups is 1. The molecule has 19 heavy (non-hydrogen) atoms. The molecule has 11 heteroatoms. The first-order valence-corrected chi connectivity index (χ1v) is 6.97. The van der Waals surface area contributed by atoms with Gasteiger partial charge in [-0.15, -0.1) is 0 Å². The Balaban J connectivity index is 2.91. The number of pyridine rings is 1. The lowest BCUT2D eigenvalue weighted by atomic mass is 10.4. The highest BCUT2D eigenvalue weighted by Gasteiger charge is 2.38. The van der Waals surface area contributed by atoms with Gasteiger partial charge in [0.1, 0.15) is 10.7 Å². The standard InChI is InChI=1S/C8H9BrF3N3O3S/c9-4-1-5(7(13)14-2-4)19(17,18)15-3-6(16)8(10,11)12/h1-2,6,15-16H,3H2,(H2,13,14). The van der Waals surface area contributed by atoms with Gasteiger partial charge in [0.25, 0.3) is 0 Å². The first-order chi connectivity index (χ1) is 8.54. The van der Waals surface area contributed by atoms with Crippen LogP contribution < -0.4 is 10.5 Å². The van der Waals surface area contributed by atoms with Crippen LogP contribution in [-0.2, 0) is 10.0 Å². The van der Waals surface area contributed by atoms with Crippen LogP contribution >= 0.6 is 15.9 Å². The third kappa shape index (κ3) is 4.30. The van der Waals surface area contributed by atoms with Crippen molar-refractivity contribution < 1.29 is 26.7 Å². The number of rotatable bonds is 4. The van der Waals surface area contributed by atoms with Gasteiger partial charge in [0.05, 0.1) is 0 Å². The van der Waals surface area contributed by atoms with Crippen LogP contribution in [-0.4, -0.2) is 37.3 Å². The van der Waals surface area contributed by atoms with Gasteiger partial charge in [-0.05, 0) is 22.0 Å². The van der Waals surface area contributed by atoms with Crippen molar-refractivity contribution in [3.63, 3.8) is 0 Å². The van der Waals surface area contributed by atoms with Crippen LogP contribution in [0.4, 0.5) is 19.0 Å². The Morgan fingerprint density at radius 2 is 2.11 bits per heavy atom. The summed E-state index contributed by atoms with van der Waals surface area (Å²) < 4.78 is 61.4. The molecule has 1 unspecified atom stereocenters. The molecule has 1 heterocycles. The van der Waals surface area contributed by atoms with Gasteiger partial charge in [-0.1, -0.05) is 0 Å². The fourth-order valence-corrected chi connectivity index (χ4v) is 2.65. The van der Waals surface area contributed by atoms with Gasteiger partial charge in [-0.25, -0.2) is 18.1 Å². The van der Waals surface area contributed by atoms with E-state index in [9.17, 15) is 21.6 Å². The summed E-state index contributed by atoms with van der Waals surface area (Å²) in [4.78, 5) is 3.07. The summed E-state index contributed by atoms with van der Waals surface area (Å²) in [6.45, 7) is -1.21. The van der Waals surface area contributed by atoms with Crippen LogP contribution in [0.25, 0.3) is 0 Å². The van der Waals surface area contributed by atoms with Crippen LogP contribution in [0.5, 0.6) is 0 Å². The smallest absolute Gasteiger partial charge is 0.383 e. The second kappa shape index (κ2) is 5.61. The van der Waals surface area contributed by atoms with E-state index in [1.54, 1.807) is 4.72 Å². The summed E-state index contributed by atoms with van der Waals surface area (Å²) >= 11 is 2.96. The molecule has 4 N–H and O–H groups in total. The Morgan fingerprint density at radius 3 is 2.63 bits per heavy atom. The second-order valence-corrected chi connectivity index (χ2v) is 6.10. The molecule has 1 aromatic rings. The quantitative estimate of drug-likeness (QED) is 0.727. The number of nitrogen functional groups attached to an aromatic ring is 1. The number of alkyl halides is 3. The van der Waals surface area contributed by atoms with E-state index in [0.717, 1.165) is 6.07 Å². The van der Waals surface area contributed by atoms with Gasteiger partial charge in [0.2, 0.25) is 10.0 Å². The molecule has 0 amide bonds. The predicted molar refractivity (Wildman–Crippen MR) is 63.6 cm³/mol. The molecule has 0 saturated heterocycles. The number of aliphatic hydroxyl groups excluding tert-OH is 1. The van der Waals surface area contributed by atoms with E-state index in [0.29, 0.717) is 4.47 Å². The lowest BCUT2D eigenvalue weighted by Gasteiger charge is -2.15. The van der Waals surface area contributed by atoms with E-state index >= 15 is 0 Å². The number of aromatic nitrogens is 1. The number of nitrogens with one attached hydrogen (secondary N) is 1. The molecule has 0 radical (unpaired) electrons. The van der Waals surface area contributed by atoms with Crippen molar-refractivity contribution in [2.24, 2.45) is 0 Å². The van der Waals surface area contributed by atoms with E-state index in [1.165, 1.54) is 6.20 Å². The Kier molecular flexibility index (Phi) is 4.76. The average molecular weight is 364 g/mol. The summed E-state index contributed by atoms with van der Waals surface area (Å²) in [5, 5.41) is 8.71. The van der Waals surface area contributed by atoms with E-state index in [4.69, 9.17) is 10.8 Å². The van der Waals surface area contributed by atoms with Gasteiger partial charge in [-0.3, -0.25) is 0 Å². The SMILES string of the molecule is Nc1ncc(Br)cc1S(=O)(=O)NCC(O)C(F)(F)F. The van der Waals surface area contributed by atoms with E-state index in [1.807, 2.05) is 0 Å². The zero-order chi connectivity index (χ0) is 14.8. The summed E-state index contributed by atoms with van der Waals surface area (Å²) in [6.07, 6.45) is -6.48. The zero-order valence-corrected chi connectivity index (χ0v) is 11.6. The Labute approximate surface area is 115 Å². The van der Waals surface area contributed by atoms with Crippen molar-refractivity contribution in [3.8, 4) is 0 Å². The topological polar surface area (TPSA) is 105 Å². The summed E-state index contributed by atoms with van der Waals surface area (Å²) in [5.41, 5.74) is 5.33. The van der Waals surface area contributed by atoms with E-state index < -0.39 is 33.7 Å². The van der Waals surface area contributed by atoms with Gasteiger partial charge in [0.15, 0.2) is 6.10 Å². The average Bonchev–Trinajstić information content (AvgIpc) is 2.28. The second-order valence-electron chi connectivity index (χ2n) is 3.45. The maximum Gasteiger partial charge on any atom is 0.415 e. The number of anilines is 1. The van der Waals surface area contributed by atoms with Crippen molar-refractivity contribution in [2.45, 2.75) is 17.2 Å². The number of hydrogen-bond acceptors (Lipinski definition) is 5. The molecular formula is C8H9BrF3N3O3S. The highest BCUT2D eigenvalue weighted by molar-refractivity contribution is 9.10. The molecular weight excluding hydrogens is 355 g/mol. The number of nitrogens with two attached hydrogens (primary N) is 1. The third-order valence-corrected chi connectivity index (χ3v) is 3.87. The van der Waals surface area contributed by atoms with Crippen molar-refractivity contribution in [3.05, 3.63) is 16.7 Å². The van der Waals surface area contributed by atoms with E-state index in [-0.39, 0.29) is 5.82 Å². The molecule has 0 aliphatic carbocycles. The number of hydrogen-bond donors (Lipinski definition) is 3. The summed E-state index contributed by atoms with van der Waals surface area (Å²) in [5.74, 6) is -0.364. The minimum atomic E-state index is -4.91. The van der Waals surface area contributed by atoms with Gasteiger partial charge in [-0.2, -0.15) is 13.2 Å². The Bertz CT molecular complexity index is 564. The van der Waals surface area contributed by atoms with Crippen molar-refractivity contribution >= 4 is 31.8 Å². The zero-order valence-electron chi connectivity index (χ0n) is 9.15. The lowest BCUT2D eigenvalue weighted by molar-refractivity contribution is -0.200. The molecule has 0 aromatic carbocycles. The fraction of sp³-hybridized carbons (Fsp3) is 0.375. The Hall–Kier alpha value is -0.910. The van der Waals surface area contributed by atoms with Crippen molar-refractivity contribution in [1.82, 2.24) is 9.71 Å². The molecule has 6 nitrogen and oxygen atoms in total. The normalized spacial score (nSPS) is 14.4. The summed E-state index contributed by atoms with van der Waals surface area (Å²) in [6, 6.07) is 1.09. The minimum absolute atomic E-state index is 0.290. The van der Waals surface area contributed by atoms with Crippen LogP contribution in [0.2, 0.25) is 0 Å². The third-order valence-electron chi connectivity index (χ3n) is 1.98. The van der Waals surface area contributed by atoms with E-state index in [2.05, 4.69) is 20.9 Å². The van der Waals surface area contributed by atoms with Crippen molar-refractivity contribution in [1.29, 1.82) is 0 Å². The molecule has 108 valence electrons. The predicted octanol–water partition coefficient (Wildman–Crippen LogP) is 0.628. The van der Waals surface area contributed by atoms with Crippen LogP contribution in [0.3, 0.4) is 0 Å². The molecule has 1 rings (SSSR count). The number of nitrogens with zero attached hydrogens (tertiary/aromatic N) is 1. The maximum atomic E-state index is 12.0. The van der Waals surface area contributed by atoms with Crippen molar-refractivity contribution in [2.75, 3.05) is 12.3 Å². The van der Waals surface area contributed by atoms with Crippen LogP contribution in [0.15, 0.2) is 21.6 Å². The monoisotopic (exact) mass is 363 g/mol. The molecule has 0 bridgehead atoms. The highest BCUT2D eigenvalue weighted by atomic mass is 79.9. The first kappa shape index (κ1) is 16.1. The molecule has 0 fully saturated rings. The van der Waals surface area contributed by atoms with Gasteiger partial charge < -0.3 is 10.8 Å². The molecule has 0 spiro atoms. The molecule has 0 aliphatic rings. The maximum absolute atomic E-state index is 12.0. The molecule has 0 aliphatic heterocycles. The summed E-state index contributed by atoms with van der Waals surface area (Å²) in [7, 11) is -4.30. The largest absolute Gasteiger partial charge is 0.415 e. The fourth-order valence-electron chi connectivity index (χ4n) is 1.03.